The Bertz CT molecular complexity index is 416. The Morgan fingerprint density at radius 3 is 2.70 bits per heavy atom. The zero-order chi connectivity index (χ0) is 14.4. The highest BCUT2D eigenvalue weighted by molar-refractivity contribution is 5.13. The normalized spacial score (nSPS) is 27.4. The van der Waals surface area contributed by atoms with Gasteiger partial charge in [0, 0.05) is 0 Å². The van der Waals surface area contributed by atoms with E-state index in [1.54, 1.807) is 0 Å². The van der Waals surface area contributed by atoms with Crippen LogP contribution in [0.5, 0.6) is 0 Å². The van der Waals surface area contributed by atoms with Crippen molar-refractivity contribution in [3.63, 3.8) is 0 Å². The van der Waals surface area contributed by atoms with Gasteiger partial charge in [0.25, 0.3) is 0 Å². The molecule has 20 heavy (non-hydrogen) atoms. The summed E-state index contributed by atoms with van der Waals surface area (Å²) >= 11 is 0. The summed E-state index contributed by atoms with van der Waals surface area (Å²) in [6, 6.07) is 10.0. The predicted molar refractivity (Wildman–Crippen MR) is 79.4 cm³/mol. The highest BCUT2D eigenvalue weighted by atomic mass is 16.5. The van der Waals surface area contributed by atoms with E-state index < -0.39 is 6.10 Å². The molecule has 3 heteroatoms. The first-order valence-electron chi connectivity index (χ1n) is 7.34. The Hall–Kier alpha value is -1.16. The van der Waals surface area contributed by atoms with Gasteiger partial charge in [-0.1, -0.05) is 62.8 Å². The number of aliphatic hydroxyl groups excluding tert-OH is 1. The Kier molecular flexibility index (Phi) is 5.77. The maximum Gasteiger partial charge on any atom is 0.111 e. The van der Waals surface area contributed by atoms with Crippen molar-refractivity contribution < 1.29 is 14.6 Å². The van der Waals surface area contributed by atoms with Gasteiger partial charge in [0.15, 0.2) is 0 Å². The SMILES string of the molecule is CC[C@H](C)[C@@H]1C=C[C@H](O)[C@@H](COCc2ccccc2)O1. The lowest BCUT2D eigenvalue weighted by Gasteiger charge is -2.32. The molecule has 0 aromatic heterocycles. The van der Waals surface area contributed by atoms with Crippen LogP contribution in [-0.4, -0.2) is 30.0 Å². The average Bonchev–Trinajstić information content (AvgIpc) is 2.49. The summed E-state index contributed by atoms with van der Waals surface area (Å²) < 4.78 is 11.6. The molecule has 3 nitrogen and oxygen atoms in total. The first-order chi connectivity index (χ1) is 9.70. The summed E-state index contributed by atoms with van der Waals surface area (Å²) in [4.78, 5) is 0. The molecular formula is C17H24O3. The van der Waals surface area contributed by atoms with E-state index in [9.17, 15) is 5.11 Å². The summed E-state index contributed by atoms with van der Waals surface area (Å²) in [5.41, 5.74) is 1.13. The maximum atomic E-state index is 9.95. The summed E-state index contributed by atoms with van der Waals surface area (Å²) in [5.74, 6) is 0.454. The zero-order valence-corrected chi connectivity index (χ0v) is 12.2. The van der Waals surface area contributed by atoms with E-state index in [4.69, 9.17) is 9.47 Å². The van der Waals surface area contributed by atoms with E-state index in [1.807, 2.05) is 42.5 Å². The Labute approximate surface area is 121 Å². The smallest absolute Gasteiger partial charge is 0.111 e. The highest BCUT2D eigenvalue weighted by Gasteiger charge is 2.28. The van der Waals surface area contributed by atoms with Gasteiger partial charge in [-0.15, -0.1) is 0 Å². The predicted octanol–water partition coefficient (Wildman–Crippen LogP) is 2.93. The lowest BCUT2D eigenvalue weighted by molar-refractivity contribution is -0.108. The van der Waals surface area contributed by atoms with E-state index in [0.717, 1.165) is 12.0 Å². The minimum atomic E-state index is -0.578. The van der Waals surface area contributed by atoms with Crippen molar-refractivity contribution in [1.29, 1.82) is 0 Å². The van der Waals surface area contributed by atoms with Crippen LogP contribution in [0.3, 0.4) is 0 Å². The van der Waals surface area contributed by atoms with Gasteiger partial charge < -0.3 is 14.6 Å². The second-order valence-corrected chi connectivity index (χ2v) is 5.40. The van der Waals surface area contributed by atoms with Gasteiger partial charge in [0.1, 0.15) is 12.2 Å². The molecule has 0 saturated carbocycles. The van der Waals surface area contributed by atoms with Gasteiger partial charge in [-0.05, 0) is 11.5 Å². The summed E-state index contributed by atoms with van der Waals surface area (Å²) in [7, 11) is 0. The molecule has 1 N–H and O–H groups in total. The van der Waals surface area contributed by atoms with Crippen LogP contribution >= 0.6 is 0 Å². The van der Waals surface area contributed by atoms with Crippen molar-refractivity contribution in [1.82, 2.24) is 0 Å². The molecule has 1 heterocycles. The number of aliphatic hydroxyl groups is 1. The minimum Gasteiger partial charge on any atom is -0.386 e. The van der Waals surface area contributed by atoms with Gasteiger partial charge in [-0.2, -0.15) is 0 Å². The van der Waals surface area contributed by atoms with Crippen molar-refractivity contribution in [2.24, 2.45) is 5.92 Å². The van der Waals surface area contributed by atoms with Crippen molar-refractivity contribution in [3.05, 3.63) is 48.0 Å². The molecule has 110 valence electrons. The molecule has 0 saturated heterocycles. The zero-order valence-electron chi connectivity index (χ0n) is 12.2. The van der Waals surface area contributed by atoms with Crippen LogP contribution in [0.4, 0.5) is 0 Å². The fourth-order valence-corrected chi connectivity index (χ4v) is 2.24. The molecule has 1 aliphatic heterocycles. The van der Waals surface area contributed by atoms with Crippen LogP contribution in [0.25, 0.3) is 0 Å². The highest BCUT2D eigenvalue weighted by Crippen LogP contribution is 2.21. The van der Waals surface area contributed by atoms with Gasteiger partial charge in [-0.25, -0.2) is 0 Å². The molecular weight excluding hydrogens is 252 g/mol. The Morgan fingerprint density at radius 2 is 2.00 bits per heavy atom. The first-order valence-corrected chi connectivity index (χ1v) is 7.34. The second-order valence-electron chi connectivity index (χ2n) is 5.40. The second kappa shape index (κ2) is 7.58. The number of benzene rings is 1. The molecule has 0 fully saturated rings. The summed E-state index contributed by atoms with van der Waals surface area (Å²) in [6.07, 6.45) is 4.08. The fraction of sp³-hybridized carbons (Fsp3) is 0.529. The topological polar surface area (TPSA) is 38.7 Å². The quantitative estimate of drug-likeness (QED) is 0.812. The minimum absolute atomic E-state index is 0.0775. The van der Waals surface area contributed by atoms with Crippen molar-refractivity contribution in [2.45, 2.75) is 45.2 Å². The lowest BCUT2D eigenvalue weighted by Crippen LogP contribution is -2.40. The standard InChI is InChI=1S/C17H24O3/c1-3-13(2)16-10-9-15(18)17(20-16)12-19-11-14-7-5-4-6-8-14/h4-10,13,15-18H,3,11-12H2,1-2H3/t13-,15-,16-,17+/m0/s1. The molecule has 1 aromatic carbocycles. The van der Waals surface area contributed by atoms with Gasteiger partial charge in [0.05, 0.1) is 19.3 Å². The monoisotopic (exact) mass is 276 g/mol. The van der Waals surface area contributed by atoms with E-state index >= 15 is 0 Å². The number of hydrogen-bond acceptors (Lipinski definition) is 3. The molecule has 0 spiro atoms. The summed E-state index contributed by atoms with van der Waals surface area (Å²) in [5, 5.41) is 9.95. The number of ether oxygens (including phenoxy) is 2. The lowest BCUT2D eigenvalue weighted by atomic mass is 9.97. The fourth-order valence-electron chi connectivity index (χ4n) is 2.24. The number of hydrogen-bond donors (Lipinski definition) is 1. The maximum absolute atomic E-state index is 9.95. The van der Waals surface area contributed by atoms with E-state index in [0.29, 0.717) is 19.1 Å². The molecule has 4 atom stereocenters. The van der Waals surface area contributed by atoms with Gasteiger partial charge in [-0.3, -0.25) is 0 Å². The first kappa shape index (κ1) is 15.2. The van der Waals surface area contributed by atoms with Crippen molar-refractivity contribution in [3.8, 4) is 0 Å². The molecule has 2 rings (SSSR count). The molecule has 0 radical (unpaired) electrons. The van der Waals surface area contributed by atoms with Crippen LogP contribution in [0, 0.1) is 5.92 Å². The van der Waals surface area contributed by atoms with Crippen LogP contribution < -0.4 is 0 Å². The van der Waals surface area contributed by atoms with Gasteiger partial charge >= 0.3 is 0 Å². The van der Waals surface area contributed by atoms with E-state index in [-0.39, 0.29) is 12.2 Å². The van der Waals surface area contributed by atoms with E-state index in [1.165, 1.54) is 0 Å². The molecule has 0 unspecified atom stereocenters. The Morgan fingerprint density at radius 1 is 1.25 bits per heavy atom. The van der Waals surface area contributed by atoms with Crippen molar-refractivity contribution in [2.75, 3.05) is 6.61 Å². The average molecular weight is 276 g/mol. The van der Waals surface area contributed by atoms with Crippen LogP contribution in [0.2, 0.25) is 0 Å². The molecule has 1 aliphatic rings. The van der Waals surface area contributed by atoms with E-state index in [2.05, 4.69) is 13.8 Å². The summed E-state index contributed by atoms with van der Waals surface area (Å²) in [6.45, 7) is 5.26. The molecule has 1 aromatic rings. The largest absolute Gasteiger partial charge is 0.386 e. The van der Waals surface area contributed by atoms with Gasteiger partial charge in [0.2, 0.25) is 0 Å². The third kappa shape index (κ3) is 4.17. The molecule has 0 bridgehead atoms. The Balaban J connectivity index is 1.81. The van der Waals surface area contributed by atoms with Crippen LogP contribution in [-0.2, 0) is 16.1 Å². The molecule has 0 amide bonds. The third-order valence-corrected chi connectivity index (χ3v) is 3.81. The third-order valence-electron chi connectivity index (χ3n) is 3.81. The van der Waals surface area contributed by atoms with Crippen LogP contribution in [0.15, 0.2) is 42.5 Å². The molecule has 0 aliphatic carbocycles. The van der Waals surface area contributed by atoms with Crippen LogP contribution in [0.1, 0.15) is 25.8 Å². The number of rotatable bonds is 6. The van der Waals surface area contributed by atoms with Crippen molar-refractivity contribution >= 4 is 0 Å².